The van der Waals surface area contributed by atoms with Crippen molar-refractivity contribution in [3.05, 3.63) is 56.7 Å². The molecule has 176 valence electrons. The lowest BCUT2D eigenvalue weighted by Crippen LogP contribution is -2.49. The third-order valence-corrected chi connectivity index (χ3v) is 9.47. The lowest BCUT2D eigenvalue weighted by Gasteiger charge is -2.38. The van der Waals surface area contributed by atoms with Crippen LogP contribution in [0.2, 0.25) is 0 Å². The van der Waals surface area contributed by atoms with Crippen LogP contribution in [0.25, 0.3) is 15.8 Å². The minimum absolute atomic E-state index is 0.108. The number of rotatable bonds is 3. The zero-order valence-electron chi connectivity index (χ0n) is 19.8. The minimum Gasteiger partial charge on any atom is -0.369 e. The van der Waals surface area contributed by atoms with Gasteiger partial charge in [-0.05, 0) is 81.1 Å². The Morgan fingerprint density at radius 1 is 1.09 bits per heavy atom. The van der Waals surface area contributed by atoms with Crippen molar-refractivity contribution in [2.75, 3.05) is 31.1 Å². The molecule has 1 saturated carbocycles. The number of hydrogen-bond acceptors (Lipinski definition) is 6. The van der Waals surface area contributed by atoms with Gasteiger partial charge in [-0.1, -0.05) is 6.08 Å². The summed E-state index contributed by atoms with van der Waals surface area (Å²) in [6.45, 7) is 6.27. The van der Waals surface area contributed by atoms with Gasteiger partial charge in [0.25, 0.3) is 5.56 Å². The third-order valence-electron chi connectivity index (χ3n) is 8.54. The van der Waals surface area contributed by atoms with E-state index in [1.54, 1.807) is 11.3 Å². The number of piperazine rings is 1. The number of H-pyrrole nitrogens is 1. The van der Waals surface area contributed by atoms with Crippen molar-refractivity contribution in [2.24, 2.45) is 5.41 Å². The second-order valence-electron chi connectivity index (χ2n) is 10.7. The first kappa shape index (κ1) is 20.8. The van der Waals surface area contributed by atoms with Gasteiger partial charge in [-0.2, -0.15) is 0 Å². The number of nitrogens with one attached hydrogen (secondary N) is 1. The molecule has 0 amide bonds. The first-order chi connectivity index (χ1) is 16.6. The molecule has 2 fully saturated rings. The Morgan fingerprint density at radius 2 is 1.94 bits per heavy atom. The number of anilines is 1. The molecular weight excluding hydrogens is 442 g/mol. The topological polar surface area (TPSA) is 65.1 Å². The Hall–Kier alpha value is -2.51. The van der Waals surface area contributed by atoms with Crippen LogP contribution < -0.4 is 10.5 Å². The Bertz CT molecular complexity index is 1360. The predicted octanol–water partition coefficient (Wildman–Crippen LogP) is 4.32. The monoisotopic (exact) mass is 473 g/mol. The van der Waals surface area contributed by atoms with E-state index in [0.29, 0.717) is 11.5 Å². The number of fused-ring (bicyclic) bond motifs is 2. The van der Waals surface area contributed by atoms with Gasteiger partial charge in [-0.15, -0.1) is 11.3 Å². The van der Waals surface area contributed by atoms with E-state index in [2.05, 4.69) is 51.0 Å². The van der Waals surface area contributed by atoms with Crippen molar-refractivity contribution in [1.29, 1.82) is 0 Å². The highest BCUT2D eigenvalue weighted by Crippen LogP contribution is 2.53. The molecule has 1 N–H and O–H groups in total. The Labute approximate surface area is 203 Å². The smallest absolute Gasteiger partial charge is 0.254 e. The summed E-state index contributed by atoms with van der Waals surface area (Å²) < 4.78 is 1.28. The molecule has 0 unspecified atom stereocenters. The molecule has 2 aromatic heterocycles. The Balaban J connectivity index is 1.04. The van der Waals surface area contributed by atoms with Crippen LogP contribution in [-0.2, 0) is 12.8 Å². The van der Waals surface area contributed by atoms with Crippen LogP contribution in [0.3, 0.4) is 0 Å². The highest BCUT2D eigenvalue weighted by molar-refractivity contribution is 7.18. The number of thiazole rings is 1. The van der Waals surface area contributed by atoms with Crippen molar-refractivity contribution in [2.45, 2.75) is 57.9 Å². The molecule has 0 radical (unpaired) electrons. The first-order valence-corrected chi connectivity index (χ1v) is 13.6. The van der Waals surface area contributed by atoms with E-state index in [-0.39, 0.29) is 5.56 Å². The van der Waals surface area contributed by atoms with Gasteiger partial charge < -0.3 is 9.88 Å². The summed E-state index contributed by atoms with van der Waals surface area (Å²) in [6, 6.07) is 7.11. The van der Waals surface area contributed by atoms with Crippen LogP contribution in [0.1, 0.15) is 54.2 Å². The van der Waals surface area contributed by atoms with Gasteiger partial charge in [0.1, 0.15) is 5.82 Å². The second-order valence-corrected chi connectivity index (χ2v) is 12.0. The lowest BCUT2D eigenvalue weighted by atomic mass is 9.84. The molecule has 3 aromatic rings. The Kier molecular flexibility index (Phi) is 4.75. The van der Waals surface area contributed by atoms with Crippen molar-refractivity contribution in [3.63, 3.8) is 0 Å². The maximum Gasteiger partial charge on any atom is 0.254 e. The zero-order valence-corrected chi connectivity index (χ0v) is 20.6. The molecule has 1 saturated heterocycles. The van der Waals surface area contributed by atoms with Gasteiger partial charge in [0.05, 0.1) is 20.9 Å². The maximum absolute atomic E-state index is 12.9. The molecule has 1 aliphatic heterocycles. The highest BCUT2D eigenvalue weighted by Gasteiger charge is 2.45. The Morgan fingerprint density at radius 3 is 2.76 bits per heavy atom. The average Bonchev–Trinajstić information content (AvgIpc) is 3.25. The number of aryl methyl sites for hydroxylation is 2. The predicted molar refractivity (Wildman–Crippen MR) is 138 cm³/mol. The molecule has 7 rings (SSSR count). The number of aromatic amines is 1. The number of hydrogen-bond donors (Lipinski definition) is 1. The molecule has 7 heteroatoms. The quantitative estimate of drug-likeness (QED) is 0.614. The van der Waals surface area contributed by atoms with E-state index in [0.717, 1.165) is 79.5 Å². The lowest BCUT2D eigenvalue weighted by molar-refractivity contribution is 0.214. The van der Waals surface area contributed by atoms with Gasteiger partial charge >= 0.3 is 0 Å². The molecule has 0 bridgehead atoms. The molecule has 6 nitrogen and oxygen atoms in total. The molecule has 4 aliphatic rings. The fraction of sp³-hybridized carbons (Fsp3) is 0.519. The number of nitrogens with zero attached hydrogens (tertiary/aromatic N) is 4. The third kappa shape index (κ3) is 3.60. The molecule has 1 atom stereocenters. The fourth-order valence-electron chi connectivity index (χ4n) is 6.26. The SMILES string of the molecule is Cc1nc2ccc(N3CCN([C@H]4C=C(c5nc6c(c(=O)[nH]5)CC5(CC6)CC5)CC4)CC3)cc2s1. The van der Waals surface area contributed by atoms with Crippen LogP contribution in [0.5, 0.6) is 0 Å². The summed E-state index contributed by atoms with van der Waals surface area (Å²) in [7, 11) is 0. The van der Waals surface area contributed by atoms with Crippen molar-refractivity contribution < 1.29 is 0 Å². The van der Waals surface area contributed by atoms with E-state index < -0.39 is 0 Å². The van der Waals surface area contributed by atoms with Crippen molar-refractivity contribution in [3.8, 4) is 0 Å². The average molecular weight is 474 g/mol. The van der Waals surface area contributed by atoms with E-state index in [9.17, 15) is 4.79 Å². The second kappa shape index (κ2) is 7.75. The summed E-state index contributed by atoms with van der Waals surface area (Å²) in [5.41, 5.74) is 6.21. The van der Waals surface area contributed by atoms with E-state index >= 15 is 0 Å². The van der Waals surface area contributed by atoms with Gasteiger partial charge in [0.15, 0.2) is 0 Å². The largest absolute Gasteiger partial charge is 0.369 e. The number of benzene rings is 1. The summed E-state index contributed by atoms with van der Waals surface area (Å²) in [5.74, 6) is 0.824. The fourth-order valence-corrected chi connectivity index (χ4v) is 7.12. The summed E-state index contributed by atoms with van der Waals surface area (Å²) in [5, 5.41) is 1.13. The van der Waals surface area contributed by atoms with Crippen LogP contribution in [0, 0.1) is 12.3 Å². The van der Waals surface area contributed by atoms with E-state index in [1.165, 1.54) is 35.2 Å². The highest BCUT2D eigenvalue weighted by atomic mass is 32.1. The number of allylic oxidation sites excluding steroid dienone is 1. The van der Waals surface area contributed by atoms with Crippen LogP contribution in [-0.4, -0.2) is 52.1 Å². The summed E-state index contributed by atoms with van der Waals surface area (Å²) >= 11 is 1.77. The normalized spacial score (nSPS) is 24.0. The van der Waals surface area contributed by atoms with Gasteiger partial charge in [0.2, 0.25) is 0 Å². The maximum atomic E-state index is 12.9. The van der Waals surface area contributed by atoms with Crippen LogP contribution in [0.4, 0.5) is 5.69 Å². The van der Waals surface area contributed by atoms with Crippen molar-refractivity contribution >= 4 is 32.8 Å². The van der Waals surface area contributed by atoms with Crippen LogP contribution >= 0.6 is 11.3 Å². The molecule has 34 heavy (non-hydrogen) atoms. The van der Waals surface area contributed by atoms with Gasteiger partial charge in [-0.25, -0.2) is 9.97 Å². The minimum atomic E-state index is 0.108. The molecule has 1 aromatic carbocycles. The molecule has 3 aliphatic carbocycles. The number of aromatic nitrogens is 3. The standard InChI is InChI=1S/C27H31N5OS/c1-17-28-23-5-4-20(15-24(23)34-17)32-12-10-31(11-13-32)19-3-2-18(14-19)25-29-22-6-7-27(8-9-27)16-21(22)26(33)30-25/h4-5,14-15,19H,2-3,6-13,16H2,1H3,(H,29,30,33)/t19-/m1/s1. The van der Waals surface area contributed by atoms with Gasteiger partial charge in [0, 0.05) is 43.5 Å². The molecular formula is C27H31N5OS. The summed E-state index contributed by atoms with van der Waals surface area (Å²) in [4.78, 5) is 30.6. The van der Waals surface area contributed by atoms with E-state index in [4.69, 9.17) is 4.98 Å². The van der Waals surface area contributed by atoms with E-state index in [1.807, 2.05) is 0 Å². The first-order valence-electron chi connectivity index (χ1n) is 12.7. The zero-order chi connectivity index (χ0) is 22.9. The molecule has 3 heterocycles. The van der Waals surface area contributed by atoms with Crippen molar-refractivity contribution in [1.82, 2.24) is 19.9 Å². The van der Waals surface area contributed by atoms with Gasteiger partial charge in [-0.3, -0.25) is 9.69 Å². The van der Waals surface area contributed by atoms with Crippen LogP contribution in [0.15, 0.2) is 29.1 Å². The summed E-state index contributed by atoms with van der Waals surface area (Å²) in [6.07, 6.45) is 10.2. The molecule has 1 spiro atoms.